The summed E-state index contributed by atoms with van der Waals surface area (Å²) in [4.78, 5) is 13.1. The molecule has 9 heteroatoms. The summed E-state index contributed by atoms with van der Waals surface area (Å²) in [5.74, 6) is 0.915. The molecule has 1 aromatic heterocycles. The Labute approximate surface area is 171 Å². The molecule has 7 nitrogen and oxygen atoms in total. The minimum Gasteiger partial charge on any atom is -0.494 e. The van der Waals surface area contributed by atoms with Crippen LogP contribution in [0.4, 0.5) is 10.1 Å². The van der Waals surface area contributed by atoms with Crippen molar-refractivity contribution in [2.24, 2.45) is 0 Å². The van der Waals surface area contributed by atoms with E-state index in [-0.39, 0.29) is 17.8 Å². The van der Waals surface area contributed by atoms with E-state index in [1.54, 1.807) is 28.9 Å². The summed E-state index contributed by atoms with van der Waals surface area (Å²) in [7, 11) is 0. The molecule has 0 spiro atoms. The van der Waals surface area contributed by atoms with Crippen molar-refractivity contribution in [1.29, 1.82) is 0 Å². The van der Waals surface area contributed by atoms with Crippen molar-refractivity contribution in [3.8, 4) is 5.75 Å². The Morgan fingerprint density at radius 3 is 2.62 bits per heavy atom. The molecule has 2 atom stereocenters. The number of carbonyl (C=O) groups excluding carboxylic acids is 1. The third kappa shape index (κ3) is 4.04. The number of thioether (sulfide) groups is 1. The molecule has 2 N–H and O–H groups in total. The number of fused-ring (bicyclic) bond motifs is 1. The minimum absolute atomic E-state index is 0.187. The van der Waals surface area contributed by atoms with Crippen molar-refractivity contribution in [1.82, 2.24) is 14.9 Å². The maximum Gasteiger partial charge on any atom is 0.240 e. The Morgan fingerprint density at radius 2 is 1.93 bits per heavy atom. The molecule has 0 unspecified atom stereocenters. The summed E-state index contributed by atoms with van der Waals surface area (Å²) in [5, 5.41) is 11.2. The summed E-state index contributed by atoms with van der Waals surface area (Å²) in [6.07, 6.45) is 0. The number of nitrogens with zero attached hydrogens (tertiary/aromatic N) is 3. The number of aryl methyl sites for hydroxylation is 1. The molecule has 0 fully saturated rings. The van der Waals surface area contributed by atoms with E-state index < -0.39 is 5.25 Å². The number of benzene rings is 2. The number of anilines is 1. The van der Waals surface area contributed by atoms with E-state index in [4.69, 9.17) is 4.74 Å². The van der Waals surface area contributed by atoms with Crippen LogP contribution in [0.25, 0.3) is 0 Å². The highest BCUT2D eigenvalue weighted by Gasteiger charge is 2.37. The van der Waals surface area contributed by atoms with Crippen molar-refractivity contribution in [2.45, 2.75) is 30.3 Å². The van der Waals surface area contributed by atoms with Gasteiger partial charge in [-0.25, -0.2) is 9.07 Å². The van der Waals surface area contributed by atoms with Crippen LogP contribution >= 0.6 is 11.8 Å². The lowest BCUT2D eigenvalue weighted by Gasteiger charge is -2.32. The van der Waals surface area contributed by atoms with E-state index >= 15 is 0 Å². The second kappa shape index (κ2) is 8.12. The van der Waals surface area contributed by atoms with Gasteiger partial charge in [-0.15, -0.1) is 10.2 Å². The molecule has 1 aliphatic heterocycles. The predicted molar refractivity (Wildman–Crippen MR) is 109 cm³/mol. The van der Waals surface area contributed by atoms with Gasteiger partial charge in [0, 0.05) is 5.69 Å². The zero-order valence-electron chi connectivity index (χ0n) is 15.9. The average molecular weight is 413 g/mol. The monoisotopic (exact) mass is 413 g/mol. The van der Waals surface area contributed by atoms with E-state index in [0.29, 0.717) is 23.3 Å². The van der Waals surface area contributed by atoms with Crippen LogP contribution in [0.15, 0.2) is 53.7 Å². The number of ether oxygens (including phenoxy) is 1. The number of hydrogen-bond donors (Lipinski definition) is 2. The van der Waals surface area contributed by atoms with Crippen LogP contribution in [0.3, 0.4) is 0 Å². The molecule has 1 aliphatic rings. The van der Waals surface area contributed by atoms with Crippen LogP contribution in [0.5, 0.6) is 5.75 Å². The third-order valence-corrected chi connectivity index (χ3v) is 5.73. The van der Waals surface area contributed by atoms with Gasteiger partial charge >= 0.3 is 0 Å². The summed E-state index contributed by atoms with van der Waals surface area (Å²) >= 11 is 1.32. The Bertz CT molecular complexity index is 1010. The number of rotatable bonds is 5. The van der Waals surface area contributed by atoms with Gasteiger partial charge in [0.25, 0.3) is 0 Å². The first-order valence-corrected chi connectivity index (χ1v) is 10.1. The average Bonchev–Trinajstić information content (AvgIpc) is 3.09. The van der Waals surface area contributed by atoms with Crippen molar-refractivity contribution >= 4 is 23.4 Å². The number of hydrogen-bond acceptors (Lipinski definition) is 6. The normalized spacial score (nSPS) is 17.9. The standard InChI is InChI=1S/C20H20FN5O2S/c1-3-28-16-10-8-15(9-11-16)22-19(27)18-17(13-4-6-14(21)7-5-13)25-26-12(2)23-24-20(26)29-18/h4-11,17-18,25H,3H2,1-2H3,(H,22,27)/t17-,18+/m0/s1. The first-order chi connectivity index (χ1) is 14.0. The van der Waals surface area contributed by atoms with Gasteiger partial charge in [-0.05, 0) is 55.8 Å². The molecule has 2 heterocycles. The van der Waals surface area contributed by atoms with Crippen LogP contribution in [-0.4, -0.2) is 32.6 Å². The zero-order chi connectivity index (χ0) is 20.4. The largest absolute Gasteiger partial charge is 0.494 e. The summed E-state index contributed by atoms with van der Waals surface area (Å²) in [5.41, 5.74) is 4.75. The number of amides is 1. The molecule has 0 saturated heterocycles. The first-order valence-electron chi connectivity index (χ1n) is 9.19. The first kappa shape index (κ1) is 19.3. The lowest BCUT2D eigenvalue weighted by Crippen LogP contribution is -2.41. The second-order valence-corrected chi connectivity index (χ2v) is 7.62. The highest BCUT2D eigenvalue weighted by Crippen LogP contribution is 2.37. The Morgan fingerprint density at radius 1 is 1.21 bits per heavy atom. The molecule has 2 aromatic carbocycles. The fourth-order valence-electron chi connectivity index (χ4n) is 3.10. The second-order valence-electron chi connectivity index (χ2n) is 6.51. The van der Waals surface area contributed by atoms with Gasteiger partial charge in [-0.2, -0.15) is 0 Å². The van der Waals surface area contributed by atoms with Crippen LogP contribution in [-0.2, 0) is 4.79 Å². The number of carbonyl (C=O) groups is 1. The van der Waals surface area contributed by atoms with Crippen molar-refractivity contribution in [3.63, 3.8) is 0 Å². The summed E-state index contributed by atoms with van der Waals surface area (Å²) < 4.78 is 20.6. The molecule has 0 aliphatic carbocycles. The SMILES string of the molecule is CCOc1ccc(NC(=O)[C@@H]2Sc3nnc(C)n3N[C@H]2c2ccc(F)cc2)cc1. The highest BCUT2D eigenvalue weighted by molar-refractivity contribution is 8.00. The highest BCUT2D eigenvalue weighted by atomic mass is 32.2. The Hall–Kier alpha value is -3.07. The lowest BCUT2D eigenvalue weighted by molar-refractivity contribution is -0.116. The van der Waals surface area contributed by atoms with Crippen LogP contribution in [0.1, 0.15) is 24.4 Å². The van der Waals surface area contributed by atoms with Crippen LogP contribution in [0.2, 0.25) is 0 Å². The molecule has 29 heavy (non-hydrogen) atoms. The molecule has 0 saturated carbocycles. The van der Waals surface area contributed by atoms with Crippen LogP contribution in [0, 0.1) is 12.7 Å². The van der Waals surface area contributed by atoms with Crippen molar-refractivity contribution < 1.29 is 13.9 Å². The Kier molecular flexibility index (Phi) is 5.39. The number of halogens is 1. The quantitative estimate of drug-likeness (QED) is 0.666. The van der Waals surface area contributed by atoms with Gasteiger partial charge in [-0.1, -0.05) is 23.9 Å². The van der Waals surface area contributed by atoms with Gasteiger partial charge in [-0.3, -0.25) is 4.79 Å². The molecule has 0 bridgehead atoms. The van der Waals surface area contributed by atoms with Gasteiger partial charge in [0.15, 0.2) is 0 Å². The van der Waals surface area contributed by atoms with Gasteiger partial charge in [0.1, 0.15) is 22.6 Å². The van der Waals surface area contributed by atoms with E-state index in [1.807, 2.05) is 26.0 Å². The van der Waals surface area contributed by atoms with E-state index in [9.17, 15) is 9.18 Å². The number of aromatic nitrogens is 3. The van der Waals surface area contributed by atoms with E-state index in [2.05, 4.69) is 20.9 Å². The van der Waals surface area contributed by atoms with Gasteiger partial charge in [0.2, 0.25) is 11.1 Å². The predicted octanol–water partition coefficient (Wildman–Crippen LogP) is 3.52. The maximum atomic E-state index is 13.4. The fourth-order valence-corrected chi connectivity index (χ4v) is 4.22. The van der Waals surface area contributed by atoms with Crippen molar-refractivity contribution in [2.75, 3.05) is 17.3 Å². The Balaban J connectivity index is 1.59. The zero-order valence-corrected chi connectivity index (χ0v) is 16.7. The molecular formula is C20H20FN5O2S. The maximum absolute atomic E-state index is 13.4. The molecule has 150 valence electrons. The summed E-state index contributed by atoms with van der Waals surface area (Å²) in [6.45, 7) is 4.32. The van der Waals surface area contributed by atoms with E-state index in [1.165, 1.54) is 23.9 Å². The van der Waals surface area contributed by atoms with Gasteiger partial charge < -0.3 is 15.5 Å². The van der Waals surface area contributed by atoms with Crippen LogP contribution < -0.4 is 15.5 Å². The lowest BCUT2D eigenvalue weighted by atomic mass is 10.0. The fraction of sp³-hybridized carbons (Fsp3) is 0.250. The summed E-state index contributed by atoms with van der Waals surface area (Å²) in [6, 6.07) is 12.9. The molecule has 1 amide bonds. The minimum atomic E-state index is -0.525. The molecule has 0 radical (unpaired) electrons. The molecular weight excluding hydrogens is 393 g/mol. The van der Waals surface area contributed by atoms with E-state index in [0.717, 1.165) is 11.3 Å². The molecule has 3 aromatic rings. The topological polar surface area (TPSA) is 81.1 Å². The number of nitrogens with one attached hydrogen (secondary N) is 2. The smallest absolute Gasteiger partial charge is 0.240 e. The van der Waals surface area contributed by atoms with Gasteiger partial charge in [0.05, 0.1) is 12.6 Å². The molecule has 4 rings (SSSR count). The third-order valence-electron chi connectivity index (χ3n) is 4.52. The van der Waals surface area contributed by atoms with Crippen molar-refractivity contribution in [3.05, 3.63) is 65.7 Å².